The maximum atomic E-state index is 5.56. The molecule has 1 fully saturated rings. The zero-order valence-electron chi connectivity index (χ0n) is 9.89. The summed E-state index contributed by atoms with van der Waals surface area (Å²) in [5, 5.41) is 0. The normalized spacial score (nSPS) is 21.1. The Kier molecular flexibility index (Phi) is 3.59. The van der Waals surface area contributed by atoms with Gasteiger partial charge in [0.2, 0.25) is 0 Å². The molecule has 4 nitrogen and oxygen atoms in total. The zero-order valence-corrected chi connectivity index (χ0v) is 9.89. The molecule has 1 aromatic heterocycles. The van der Waals surface area contributed by atoms with Crippen LogP contribution in [0, 0.1) is 0 Å². The molecule has 1 unspecified atom stereocenters. The smallest absolute Gasteiger partial charge is 0.147 e. The van der Waals surface area contributed by atoms with Crippen molar-refractivity contribution in [2.75, 3.05) is 17.2 Å². The van der Waals surface area contributed by atoms with Crippen molar-refractivity contribution in [2.45, 2.75) is 45.1 Å². The van der Waals surface area contributed by atoms with Crippen LogP contribution in [0.25, 0.3) is 0 Å². The Hall–Kier alpha value is -1.32. The van der Waals surface area contributed by atoms with Crippen molar-refractivity contribution in [3.05, 3.63) is 12.4 Å². The minimum atomic E-state index is 0.493. The number of hydrogen-bond acceptors (Lipinski definition) is 4. The van der Waals surface area contributed by atoms with E-state index in [9.17, 15) is 0 Å². The van der Waals surface area contributed by atoms with Gasteiger partial charge in [-0.25, -0.2) is 9.97 Å². The van der Waals surface area contributed by atoms with E-state index in [1.54, 1.807) is 12.4 Å². The summed E-state index contributed by atoms with van der Waals surface area (Å²) in [6.45, 7) is 3.34. The maximum absolute atomic E-state index is 5.56. The van der Waals surface area contributed by atoms with Crippen LogP contribution in [0.4, 0.5) is 11.6 Å². The summed E-state index contributed by atoms with van der Waals surface area (Å²) < 4.78 is 0. The fourth-order valence-electron chi connectivity index (χ4n) is 2.42. The molecule has 1 aliphatic heterocycles. The van der Waals surface area contributed by atoms with Crippen LogP contribution in [0.1, 0.15) is 39.0 Å². The summed E-state index contributed by atoms with van der Waals surface area (Å²) in [4.78, 5) is 10.9. The van der Waals surface area contributed by atoms with E-state index in [-0.39, 0.29) is 0 Å². The monoisotopic (exact) mass is 220 g/mol. The second-order valence-electron chi connectivity index (χ2n) is 4.43. The van der Waals surface area contributed by atoms with E-state index in [0.29, 0.717) is 11.9 Å². The van der Waals surface area contributed by atoms with Crippen molar-refractivity contribution in [1.29, 1.82) is 0 Å². The number of nitrogen functional groups attached to an aromatic ring is 1. The Morgan fingerprint density at radius 3 is 2.94 bits per heavy atom. The molecule has 2 rings (SSSR count). The summed E-state index contributed by atoms with van der Waals surface area (Å²) in [6.07, 6.45) is 9.78. The fraction of sp³-hybridized carbons (Fsp3) is 0.667. The van der Waals surface area contributed by atoms with Crippen molar-refractivity contribution in [1.82, 2.24) is 9.97 Å². The van der Waals surface area contributed by atoms with E-state index in [1.165, 1.54) is 32.1 Å². The third kappa shape index (κ3) is 2.43. The average Bonchev–Trinajstić information content (AvgIpc) is 2.32. The van der Waals surface area contributed by atoms with Crippen LogP contribution in [0.3, 0.4) is 0 Å². The molecule has 0 aromatic carbocycles. The number of piperidine rings is 1. The van der Waals surface area contributed by atoms with Crippen LogP contribution < -0.4 is 10.6 Å². The Labute approximate surface area is 96.9 Å². The van der Waals surface area contributed by atoms with Gasteiger partial charge in [0.15, 0.2) is 0 Å². The average molecular weight is 220 g/mol. The highest BCUT2D eigenvalue weighted by atomic mass is 15.2. The molecule has 88 valence electrons. The zero-order chi connectivity index (χ0) is 11.4. The standard InChI is InChI=1S/C12H20N4/c1-2-5-10-6-3-4-7-16(10)12-9-14-11(13)8-15-12/h8-10H,2-7H2,1H3,(H2,13,14). The van der Waals surface area contributed by atoms with Crippen molar-refractivity contribution in [3.63, 3.8) is 0 Å². The minimum Gasteiger partial charge on any atom is -0.382 e. The molecule has 16 heavy (non-hydrogen) atoms. The van der Waals surface area contributed by atoms with Gasteiger partial charge in [0.05, 0.1) is 12.4 Å². The van der Waals surface area contributed by atoms with Crippen molar-refractivity contribution in [2.24, 2.45) is 0 Å². The molecule has 0 amide bonds. The summed E-state index contributed by atoms with van der Waals surface area (Å²) in [5.74, 6) is 1.47. The summed E-state index contributed by atoms with van der Waals surface area (Å²) in [6, 6.07) is 0.636. The lowest BCUT2D eigenvalue weighted by Crippen LogP contribution is -2.40. The minimum absolute atomic E-state index is 0.493. The topological polar surface area (TPSA) is 55.0 Å². The summed E-state index contributed by atoms with van der Waals surface area (Å²) >= 11 is 0. The highest BCUT2D eigenvalue weighted by Crippen LogP contribution is 2.25. The number of anilines is 2. The number of nitrogens with zero attached hydrogens (tertiary/aromatic N) is 3. The lowest BCUT2D eigenvalue weighted by atomic mass is 9.98. The third-order valence-corrected chi connectivity index (χ3v) is 3.20. The number of hydrogen-bond donors (Lipinski definition) is 1. The van der Waals surface area contributed by atoms with Crippen LogP contribution >= 0.6 is 0 Å². The fourth-order valence-corrected chi connectivity index (χ4v) is 2.42. The van der Waals surface area contributed by atoms with Crippen molar-refractivity contribution < 1.29 is 0 Å². The quantitative estimate of drug-likeness (QED) is 0.848. The Morgan fingerprint density at radius 2 is 2.25 bits per heavy atom. The SMILES string of the molecule is CCCC1CCCCN1c1cnc(N)cn1. The van der Waals surface area contributed by atoms with E-state index in [1.807, 2.05) is 0 Å². The van der Waals surface area contributed by atoms with Crippen molar-refractivity contribution >= 4 is 11.6 Å². The lowest BCUT2D eigenvalue weighted by Gasteiger charge is -2.36. The molecule has 0 radical (unpaired) electrons. The van der Waals surface area contributed by atoms with E-state index >= 15 is 0 Å². The second-order valence-corrected chi connectivity index (χ2v) is 4.43. The van der Waals surface area contributed by atoms with Gasteiger partial charge >= 0.3 is 0 Å². The number of aromatic nitrogens is 2. The van der Waals surface area contributed by atoms with Gasteiger partial charge < -0.3 is 10.6 Å². The van der Waals surface area contributed by atoms with E-state index in [2.05, 4.69) is 21.8 Å². The van der Waals surface area contributed by atoms with Crippen LogP contribution in [-0.4, -0.2) is 22.6 Å². The summed E-state index contributed by atoms with van der Waals surface area (Å²) in [7, 11) is 0. The van der Waals surface area contributed by atoms with Gasteiger partial charge in [0.25, 0.3) is 0 Å². The van der Waals surface area contributed by atoms with Gasteiger partial charge in [0, 0.05) is 12.6 Å². The lowest BCUT2D eigenvalue weighted by molar-refractivity contribution is 0.431. The van der Waals surface area contributed by atoms with Gasteiger partial charge in [-0.15, -0.1) is 0 Å². The van der Waals surface area contributed by atoms with Crippen molar-refractivity contribution in [3.8, 4) is 0 Å². The van der Waals surface area contributed by atoms with E-state index in [4.69, 9.17) is 5.73 Å². The highest BCUT2D eigenvalue weighted by Gasteiger charge is 2.22. The molecule has 0 spiro atoms. The molecule has 1 atom stereocenters. The molecular formula is C12H20N4. The largest absolute Gasteiger partial charge is 0.382 e. The Balaban J connectivity index is 2.13. The van der Waals surface area contributed by atoms with Gasteiger partial charge in [-0.05, 0) is 25.7 Å². The maximum Gasteiger partial charge on any atom is 0.147 e. The summed E-state index contributed by atoms with van der Waals surface area (Å²) in [5.41, 5.74) is 5.56. The molecule has 1 saturated heterocycles. The molecule has 4 heteroatoms. The van der Waals surface area contributed by atoms with Gasteiger partial charge in [0.1, 0.15) is 11.6 Å². The molecule has 2 heterocycles. The van der Waals surface area contributed by atoms with Gasteiger partial charge in [-0.1, -0.05) is 13.3 Å². The highest BCUT2D eigenvalue weighted by molar-refractivity contribution is 5.40. The van der Waals surface area contributed by atoms with E-state index in [0.717, 1.165) is 12.4 Å². The molecule has 1 aromatic rings. The number of nitrogens with two attached hydrogens (primary N) is 1. The van der Waals surface area contributed by atoms with Crippen LogP contribution in [0.2, 0.25) is 0 Å². The first kappa shape index (κ1) is 11.2. The molecule has 0 bridgehead atoms. The van der Waals surface area contributed by atoms with Gasteiger partial charge in [-0.3, -0.25) is 0 Å². The first-order valence-electron chi connectivity index (χ1n) is 6.15. The predicted octanol–water partition coefficient (Wildman–Crippen LogP) is 2.22. The first-order chi connectivity index (χ1) is 7.81. The molecule has 1 aliphatic rings. The molecule has 2 N–H and O–H groups in total. The van der Waals surface area contributed by atoms with E-state index < -0.39 is 0 Å². The molecule has 0 aliphatic carbocycles. The molecule has 0 saturated carbocycles. The predicted molar refractivity (Wildman–Crippen MR) is 66.3 cm³/mol. The molecular weight excluding hydrogens is 200 g/mol. The van der Waals surface area contributed by atoms with Crippen LogP contribution in [0.15, 0.2) is 12.4 Å². The second kappa shape index (κ2) is 5.14. The third-order valence-electron chi connectivity index (χ3n) is 3.20. The first-order valence-corrected chi connectivity index (χ1v) is 6.15. The Bertz CT molecular complexity index is 320. The number of rotatable bonds is 3. The Morgan fingerprint density at radius 1 is 1.38 bits per heavy atom. The van der Waals surface area contributed by atoms with Crippen LogP contribution in [0.5, 0.6) is 0 Å². The van der Waals surface area contributed by atoms with Crippen LogP contribution in [-0.2, 0) is 0 Å². The van der Waals surface area contributed by atoms with Gasteiger partial charge in [-0.2, -0.15) is 0 Å².